The minimum Gasteiger partial charge on any atom is -0.388 e. The molecular formula is C19H38O5S. The number of aliphatic hydroxyl groups excluding tert-OH is 2. The molecule has 4 atom stereocenters. The molecule has 1 fully saturated rings. The molecule has 0 aromatic rings. The van der Waals surface area contributed by atoms with Gasteiger partial charge in [-0.1, -0.05) is 64.7 Å². The van der Waals surface area contributed by atoms with E-state index in [4.69, 9.17) is 13.7 Å². The van der Waals surface area contributed by atoms with E-state index in [0.717, 1.165) is 6.42 Å². The zero-order chi connectivity index (χ0) is 18.3. The first-order valence-corrected chi connectivity index (χ1v) is 11.1. The predicted molar refractivity (Wildman–Crippen MR) is 103 cm³/mol. The topological polar surface area (TPSA) is 68.2 Å². The molecule has 6 heteroatoms. The Labute approximate surface area is 158 Å². The molecule has 0 spiro atoms. The minimum absolute atomic E-state index is 0.200. The van der Waals surface area contributed by atoms with Crippen molar-refractivity contribution in [3.05, 3.63) is 0 Å². The van der Waals surface area contributed by atoms with E-state index in [-0.39, 0.29) is 12.7 Å². The summed E-state index contributed by atoms with van der Waals surface area (Å²) in [5.41, 5.74) is 0. The van der Waals surface area contributed by atoms with E-state index in [0.29, 0.717) is 13.2 Å². The Hall–Kier alpha value is 0.150. The fourth-order valence-corrected chi connectivity index (χ4v) is 3.57. The van der Waals surface area contributed by atoms with Crippen molar-refractivity contribution in [2.45, 2.75) is 95.5 Å². The summed E-state index contributed by atoms with van der Waals surface area (Å²) in [4.78, 5) is 0. The Morgan fingerprint density at radius 2 is 1.64 bits per heavy atom. The number of ether oxygens (including phenoxy) is 2. The molecule has 25 heavy (non-hydrogen) atoms. The Bertz CT molecular complexity index is 306. The van der Waals surface area contributed by atoms with Gasteiger partial charge in [-0.15, -0.1) is 0 Å². The number of unbranched alkanes of at least 4 members (excludes halogenated alkanes) is 9. The van der Waals surface area contributed by atoms with Crippen LogP contribution in [0.5, 0.6) is 0 Å². The van der Waals surface area contributed by atoms with Crippen molar-refractivity contribution in [2.75, 3.05) is 26.1 Å². The van der Waals surface area contributed by atoms with Crippen molar-refractivity contribution < 1.29 is 23.9 Å². The van der Waals surface area contributed by atoms with Crippen LogP contribution in [0.1, 0.15) is 71.1 Å². The molecule has 1 saturated heterocycles. The summed E-state index contributed by atoms with van der Waals surface area (Å²) in [7, 11) is 0. The predicted octanol–water partition coefficient (Wildman–Crippen LogP) is 3.71. The molecule has 0 aromatic heterocycles. The van der Waals surface area contributed by atoms with Crippen molar-refractivity contribution in [1.29, 1.82) is 0 Å². The summed E-state index contributed by atoms with van der Waals surface area (Å²) in [6, 6.07) is 0. The van der Waals surface area contributed by atoms with Gasteiger partial charge < -0.3 is 23.9 Å². The van der Waals surface area contributed by atoms with E-state index in [9.17, 15) is 10.2 Å². The van der Waals surface area contributed by atoms with Gasteiger partial charge in [0.15, 0.2) is 0 Å². The van der Waals surface area contributed by atoms with E-state index >= 15 is 0 Å². The van der Waals surface area contributed by atoms with Gasteiger partial charge in [0.05, 0.1) is 13.2 Å². The molecule has 1 aliphatic rings. The summed E-state index contributed by atoms with van der Waals surface area (Å²) in [5, 5.41) is 20.2. The largest absolute Gasteiger partial charge is 0.388 e. The molecule has 0 aromatic carbocycles. The van der Waals surface area contributed by atoms with E-state index in [2.05, 4.69) is 6.92 Å². The van der Waals surface area contributed by atoms with Gasteiger partial charge in [0, 0.05) is 12.9 Å². The minimum atomic E-state index is -0.812. The summed E-state index contributed by atoms with van der Waals surface area (Å²) in [5.74, 6) is 0. The number of hydrogen-bond acceptors (Lipinski definition) is 6. The van der Waals surface area contributed by atoms with Crippen LogP contribution in [-0.2, 0) is 13.7 Å². The summed E-state index contributed by atoms with van der Waals surface area (Å²) in [6.45, 7) is 3.41. The zero-order valence-electron chi connectivity index (χ0n) is 16.0. The van der Waals surface area contributed by atoms with Crippen molar-refractivity contribution >= 4 is 12.0 Å². The van der Waals surface area contributed by atoms with Crippen LogP contribution < -0.4 is 0 Å². The highest BCUT2D eigenvalue weighted by Crippen LogP contribution is 2.23. The standard InChI is InChI=1S/C19H38O5S/c1-3-4-5-6-7-8-9-10-11-12-13-22-14-16(20)19-18(21)17(15-23-19)24-25-2/h16-21H,3-15H2,1-2H3/t16?,17-,18?,19-/m1/s1. The lowest BCUT2D eigenvalue weighted by molar-refractivity contribution is -0.0803. The maximum absolute atomic E-state index is 10.1. The van der Waals surface area contributed by atoms with Gasteiger partial charge in [-0.05, 0) is 18.5 Å². The number of rotatable bonds is 16. The van der Waals surface area contributed by atoms with E-state index < -0.39 is 18.3 Å². The molecule has 1 heterocycles. The SMILES string of the molecule is CCCCCCCCCCCCOCC(O)[C@H]1OC[C@@H](OSC)C1O. The van der Waals surface area contributed by atoms with E-state index in [1.165, 1.54) is 69.8 Å². The Morgan fingerprint density at radius 3 is 2.24 bits per heavy atom. The normalized spacial score (nSPS) is 24.7. The smallest absolute Gasteiger partial charge is 0.124 e. The lowest BCUT2D eigenvalue weighted by Crippen LogP contribution is -2.41. The summed E-state index contributed by atoms with van der Waals surface area (Å²) in [6.07, 6.45) is 12.1. The molecule has 150 valence electrons. The molecule has 2 unspecified atom stereocenters. The van der Waals surface area contributed by atoms with Gasteiger partial charge >= 0.3 is 0 Å². The number of hydrogen-bond donors (Lipinski definition) is 2. The molecular weight excluding hydrogens is 340 g/mol. The maximum Gasteiger partial charge on any atom is 0.124 e. The third-order valence-corrected chi connectivity index (χ3v) is 5.14. The third kappa shape index (κ3) is 10.2. The first kappa shape index (κ1) is 23.2. The van der Waals surface area contributed by atoms with Crippen LogP contribution in [0, 0.1) is 0 Å². The molecule has 0 radical (unpaired) electrons. The fraction of sp³-hybridized carbons (Fsp3) is 1.00. The van der Waals surface area contributed by atoms with Crippen LogP contribution in [0.15, 0.2) is 0 Å². The molecule has 0 amide bonds. The fourth-order valence-electron chi connectivity index (χ4n) is 3.15. The maximum atomic E-state index is 10.1. The second-order valence-electron chi connectivity index (χ2n) is 6.91. The van der Waals surface area contributed by atoms with Gasteiger partial charge in [0.2, 0.25) is 0 Å². The summed E-state index contributed by atoms with van der Waals surface area (Å²) >= 11 is 1.20. The van der Waals surface area contributed by atoms with Gasteiger partial charge in [0.1, 0.15) is 24.4 Å². The second kappa shape index (κ2) is 15.2. The first-order valence-electron chi connectivity index (χ1n) is 9.95. The van der Waals surface area contributed by atoms with Gasteiger partial charge in [0.25, 0.3) is 0 Å². The molecule has 2 N–H and O–H groups in total. The van der Waals surface area contributed by atoms with Crippen LogP contribution in [0.3, 0.4) is 0 Å². The lowest BCUT2D eigenvalue weighted by atomic mass is 10.1. The monoisotopic (exact) mass is 378 g/mol. The van der Waals surface area contributed by atoms with Gasteiger partial charge in [-0.3, -0.25) is 0 Å². The van der Waals surface area contributed by atoms with Crippen LogP contribution in [0.4, 0.5) is 0 Å². The van der Waals surface area contributed by atoms with Gasteiger partial charge in [-0.25, -0.2) is 0 Å². The third-order valence-electron chi connectivity index (χ3n) is 4.70. The van der Waals surface area contributed by atoms with Crippen molar-refractivity contribution in [3.63, 3.8) is 0 Å². The Kier molecular flexibility index (Phi) is 14.1. The quantitative estimate of drug-likeness (QED) is 0.315. The average molecular weight is 379 g/mol. The van der Waals surface area contributed by atoms with E-state index in [1.807, 2.05) is 0 Å². The molecule has 5 nitrogen and oxygen atoms in total. The second-order valence-corrected chi connectivity index (χ2v) is 7.44. The first-order chi connectivity index (χ1) is 12.2. The molecule has 1 aliphatic heterocycles. The van der Waals surface area contributed by atoms with Gasteiger partial charge in [-0.2, -0.15) is 0 Å². The highest BCUT2D eigenvalue weighted by atomic mass is 32.2. The van der Waals surface area contributed by atoms with Crippen molar-refractivity contribution in [2.24, 2.45) is 0 Å². The van der Waals surface area contributed by atoms with Crippen LogP contribution in [0.25, 0.3) is 0 Å². The van der Waals surface area contributed by atoms with Crippen LogP contribution >= 0.6 is 12.0 Å². The molecule has 1 rings (SSSR count). The van der Waals surface area contributed by atoms with E-state index in [1.54, 1.807) is 6.26 Å². The Balaban J connectivity index is 1.91. The van der Waals surface area contributed by atoms with Crippen molar-refractivity contribution in [1.82, 2.24) is 0 Å². The average Bonchev–Trinajstić information content (AvgIpc) is 2.97. The molecule has 0 bridgehead atoms. The van der Waals surface area contributed by atoms with Crippen LogP contribution in [-0.4, -0.2) is 60.7 Å². The van der Waals surface area contributed by atoms with Crippen LogP contribution in [0.2, 0.25) is 0 Å². The summed E-state index contributed by atoms with van der Waals surface area (Å²) < 4.78 is 16.3. The number of aliphatic hydroxyl groups is 2. The molecule has 0 aliphatic carbocycles. The molecule has 0 saturated carbocycles. The highest BCUT2D eigenvalue weighted by molar-refractivity contribution is 7.93. The highest BCUT2D eigenvalue weighted by Gasteiger charge is 2.41. The van der Waals surface area contributed by atoms with Crippen molar-refractivity contribution in [3.8, 4) is 0 Å². The lowest BCUT2D eigenvalue weighted by Gasteiger charge is -2.21. The Morgan fingerprint density at radius 1 is 1.04 bits per heavy atom. The zero-order valence-corrected chi connectivity index (χ0v) is 16.8.